The molecule has 4 rings (SSSR count). The zero-order valence-electron chi connectivity index (χ0n) is 15.4. The number of carbonyl (C=O) groups excluding carboxylic acids is 1. The van der Waals surface area contributed by atoms with Crippen LogP contribution in [-0.2, 0) is 11.8 Å². The molecular weight excluding hydrogens is 378 g/mol. The molecule has 4 heterocycles. The molecule has 144 valence electrons. The summed E-state index contributed by atoms with van der Waals surface area (Å²) in [6.45, 7) is 2.95. The Kier molecular flexibility index (Phi) is 4.89. The van der Waals surface area contributed by atoms with Crippen LogP contribution in [0.15, 0.2) is 30.7 Å². The normalized spacial score (nSPS) is 10.9. The van der Waals surface area contributed by atoms with Gasteiger partial charge in [0.2, 0.25) is 12.4 Å². The van der Waals surface area contributed by atoms with E-state index in [1.54, 1.807) is 10.9 Å². The highest BCUT2D eigenvalue weighted by Crippen LogP contribution is 2.28. The maximum atomic E-state index is 10.5. The first-order valence-electron chi connectivity index (χ1n) is 8.63. The number of amides is 1. The van der Waals surface area contributed by atoms with Crippen LogP contribution < -0.4 is 16.0 Å². The fourth-order valence-electron chi connectivity index (χ4n) is 2.82. The molecular formula is C17H19N9OS. The molecule has 4 aromatic rings. The summed E-state index contributed by atoms with van der Waals surface area (Å²) < 4.78 is 7.99. The van der Waals surface area contributed by atoms with E-state index in [0.29, 0.717) is 31.3 Å². The van der Waals surface area contributed by atoms with Crippen molar-refractivity contribution in [3.8, 4) is 5.69 Å². The third-order valence-electron chi connectivity index (χ3n) is 4.01. The number of hydrogen-bond acceptors (Lipinski definition) is 8. The van der Waals surface area contributed by atoms with Crippen molar-refractivity contribution in [1.82, 2.24) is 34.0 Å². The SMILES string of the molecule is Cc1cc(Nc2nc(NCCNC=O)c3c(ccn3-c3cnn(C)c3)n2)sn1. The monoisotopic (exact) mass is 397 g/mol. The highest BCUT2D eigenvalue weighted by Gasteiger charge is 2.15. The average molecular weight is 397 g/mol. The molecule has 0 aliphatic carbocycles. The van der Waals surface area contributed by atoms with E-state index in [9.17, 15) is 4.79 Å². The Balaban J connectivity index is 1.73. The maximum Gasteiger partial charge on any atom is 0.230 e. The van der Waals surface area contributed by atoms with Crippen LogP contribution in [0, 0.1) is 6.92 Å². The van der Waals surface area contributed by atoms with Gasteiger partial charge in [-0.2, -0.15) is 14.5 Å². The second-order valence-corrected chi connectivity index (χ2v) is 6.95. The van der Waals surface area contributed by atoms with Crippen LogP contribution in [0.3, 0.4) is 0 Å². The second kappa shape index (κ2) is 7.64. The lowest BCUT2D eigenvalue weighted by molar-refractivity contribution is -0.109. The Morgan fingerprint density at radius 3 is 2.89 bits per heavy atom. The zero-order chi connectivity index (χ0) is 19.5. The molecule has 3 N–H and O–H groups in total. The molecule has 0 bridgehead atoms. The molecule has 4 aromatic heterocycles. The van der Waals surface area contributed by atoms with E-state index >= 15 is 0 Å². The molecule has 0 atom stereocenters. The molecule has 28 heavy (non-hydrogen) atoms. The Morgan fingerprint density at radius 2 is 2.18 bits per heavy atom. The minimum Gasteiger partial charge on any atom is -0.366 e. The molecule has 0 saturated heterocycles. The van der Waals surface area contributed by atoms with Crippen LogP contribution in [-0.4, -0.2) is 48.2 Å². The Morgan fingerprint density at radius 1 is 1.29 bits per heavy atom. The molecule has 0 unspecified atom stereocenters. The highest BCUT2D eigenvalue weighted by atomic mass is 32.1. The van der Waals surface area contributed by atoms with Crippen molar-refractivity contribution >= 4 is 45.7 Å². The van der Waals surface area contributed by atoms with E-state index < -0.39 is 0 Å². The van der Waals surface area contributed by atoms with E-state index in [0.717, 1.165) is 27.4 Å². The number of aromatic nitrogens is 6. The number of hydrogen-bond donors (Lipinski definition) is 3. The summed E-state index contributed by atoms with van der Waals surface area (Å²) in [4.78, 5) is 19.8. The van der Waals surface area contributed by atoms with Crippen LogP contribution in [0.2, 0.25) is 0 Å². The number of aryl methyl sites for hydroxylation is 2. The number of carbonyl (C=O) groups is 1. The Bertz CT molecular complexity index is 1110. The predicted octanol–water partition coefficient (Wildman–Crippen LogP) is 1.82. The molecule has 0 aliphatic rings. The lowest BCUT2D eigenvalue weighted by Crippen LogP contribution is -2.21. The van der Waals surface area contributed by atoms with Crippen LogP contribution in [0.4, 0.5) is 16.8 Å². The van der Waals surface area contributed by atoms with Crippen LogP contribution in [0.5, 0.6) is 0 Å². The second-order valence-electron chi connectivity index (χ2n) is 6.14. The van der Waals surface area contributed by atoms with Crippen LogP contribution >= 0.6 is 11.5 Å². The van der Waals surface area contributed by atoms with Gasteiger partial charge in [0.25, 0.3) is 0 Å². The maximum absolute atomic E-state index is 10.5. The number of rotatable bonds is 8. The summed E-state index contributed by atoms with van der Waals surface area (Å²) in [5.74, 6) is 1.14. The summed E-state index contributed by atoms with van der Waals surface area (Å²) in [6.07, 6.45) is 6.31. The standard InChI is InChI=1S/C17H19N9OS/c1-11-7-14(28-24-11)22-17-21-13-3-6-26(12-8-20-25(2)9-12)15(13)16(23-17)19-5-4-18-10-27/h3,6-10H,4-5H2,1-2H3,(H,18,27)(H2,19,21,22,23). The van der Waals surface area contributed by atoms with E-state index in [1.807, 2.05) is 43.1 Å². The van der Waals surface area contributed by atoms with Crippen molar-refractivity contribution < 1.29 is 4.79 Å². The van der Waals surface area contributed by atoms with Gasteiger partial charge in [0, 0.05) is 32.5 Å². The van der Waals surface area contributed by atoms with Crippen molar-refractivity contribution in [2.45, 2.75) is 6.92 Å². The summed E-state index contributed by atoms with van der Waals surface area (Å²) in [7, 11) is 1.87. The first-order valence-corrected chi connectivity index (χ1v) is 9.41. The van der Waals surface area contributed by atoms with Crippen LogP contribution in [0.1, 0.15) is 5.69 Å². The summed E-state index contributed by atoms with van der Waals surface area (Å²) in [5, 5.41) is 14.2. The first-order chi connectivity index (χ1) is 13.6. The number of nitrogens with zero attached hydrogens (tertiary/aromatic N) is 6. The topological polar surface area (TPSA) is 115 Å². The molecule has 0 radical (unpaired) electrons. The highest BCUT2D eigenvalue weighted by molar-refractivity contribution is 7.10. The quantitative estimate of drug-likeness (QED) is 0.307. The van der Waals surface area contributed by atoms with Gasteiger partial charge >= 0.3 is 0 Å². The molecule has 0 fully saturated rings. The van der Waals surface area contributed by atoms with Gasteiger partial charge < -0.3 is 20.5 Å². The van der Waals surface area contributed by atoms with Gasteiger partial charge in [-0.05, 0) is 30.6 Å². The van der Waals surface area contributed by atoms with E-state index in [4.69, 9.17) is 0 Å². The number of anilines is 3. The third-order valence-corrected chi connectivity index (χ3v) is 4.81. The molecule has 0 spiro atoms. The van der Waals surface area contributed by atoms with Crippen molar-refractivity contribution in [3.63, 3.8) is 0 Å². The van der Waals surface area contributed by atoms with Crippen molar-refractivity contribution in [1.29, 1.82) is 0 Å². The molecule has 10 nitrogen and oxygen atoms in total. The largest absolute Gasteiger partial charge is 0.366 e. The summed E-state index contributed by atoms with van der Waals surface area (Å²) in [5.41, 5.74) is 3.47. The van der Waals surface area contributed by atoms with E-state index in [2.05, 4.69) is 35.4 Å². The third kappa shape index (κ3) is 3.64. The minimum atomic E-state index is 0.478. The van der Waals surface area contributed by atoms with Gasteiger partial charge in [-0.25, -0.2) is 4.98 Å². The van der Waals surface area contributed by atoms with Crippen molar-refractivity contribution in [3.05, 3.63) is 36.4 Å². The van der Waals surface area contributed by atoms with Crippen molar-refractivity contribution in [2.24, 2.45) is 7.05 Å². The Labute approximate surface area is 164 Å². The average Bonchev–Trinajstić information content (AvgIpc) is 3.38. The minimum absolute atomic E-state index is 0.478. The van der Waals surface area contributed by atoms with E-state index in [1.165, 1.54) is 11.5 Å². The molecule has 0 saturated carbocycles. The smallest absolute Gasteiger partial charge is 0.230 e. The van der Waals surface area contributed by atoms with Gasteiger partial charge in [-0.1, -0.05) is 0 Å². The van der Waals surface area contributed by atoms with Crippen LogP contribution in [0.25, 0.3) is 16.7 Å². The lowest BCUT2D eigenvalue weighted by Gasteiger charge is -2.11. The zero-order valence-corrected chi connectivity index (χ0v) is 16.2. The number of nitrogens with one attached hydrogen (secondary N) is 3. The summed E-state index contributed by atoms with van der Waals surface area (Å²) in [6, 6.07) is 3.88. The van der Waals surface area contributed by atoms with Gasteiger partial charge in [-0.3, -0.25) is 9.48 Å². The van der Waals surface area contributed by atoms with Gasteiger partial charge in [0.05, 0.1) is 23.1 Å². The molecule has 0 aromatic carbocycles. The molecule has 0 aliphatic heterocycles. The molecule has 11 heteroatoms. The van der Waals surface area contributed by atoms with Gasteiger partial charge in [0.1, 0.15) is 10.5 Å². The fourth-order valence-corrected chi connectivity index (χ4v) is 3.47. The molecule has 1 amide bonds. The fraction of sp³-hybridized carbons (Fsp3) is 0.235. The van der Waals surface area contributed by atoms with Gasteiger partial charge in [-0.15, -0.1) is 0 Å². The van der Waals surface area contributed by atoms with E-state index in [-0.39, 0.29) is 0 Å². The lowest BCUT2D eigenvalue weighted by atomic mass is 10.4. The van der Waals surface area contributed by atoms with Crippen molar-refractivity contribution in [2.75, 3.05) is 23.7 Å². The number of fused-ring (bicyclic) bond motifs is 1. The predicted molar refractivity (Wildman–Crippen MR) is 108 cm³/mol. The Hall–Kier alpha value is -3.47. The first kappa shape index (κ1) is 17.9. The van der Waals surface area contributed by atoms with Gasteiger partial charge in [0.15, 0.2) is 5.82 Å². The summed E-state index contributed by atoms with van der Waals surface area (Å²) >= 11 is 1.36.